The van der Waals surface area contributed by atoms with E-state index in [0.717, 1.165) is 46.2 Å². The maximum Gasteiger partial charge on any atom is 0.341 e. The number of carbonyl (C=O) groups is 4. The number of ether oxygens (including phenoxy) is 2. The molecule has 0 saturated carbocycles. The molecule has 214 valence electrons. The number of aromatic nitrogens is 1. The summed E-state index contributed by atoms with van der Waals surface area (Å²) >= 11 is 9.91. The molecule has 40 heavy (non-hydrogen) atoms. The van der Waals surface area contributed by atoms with Gasteiger partial charge in [-0.2, -0.15) is 4.99 Å². The van der Waals surface area contributed by atoms with Gasteiger partial charge in [-0.15, -0.1) is 23.1 Å². The first kappa shape index (κ1) is 30.3. The van der Waals surface area contributed by atoms with Gasteiger partial charge in [0.25, 0.3) is 5.91 Å². The molecular weight excluding hydrogens is 594 g/mol. The van der Waals surface area contributed by atoms with Gasteiger partial charge in [0.2, 0.25) is 5.91 Å². The van der Waals surface area contributed by atoms with Crippen LogP contribution in [0, 0.1) is 5.92 Å². The van der Waals surface area contributed by atoms with Crippen molar-refractivity contribution in [2.24, 2.45) is 10.9 Å². The first-order valence-corrected chi connectivity index (χ1v) is 16.1. The number of hydrogen-bond acceptors (Lipinski definition) is 9. The molecule has 3 aromatic rings. The van der Waals surface area contributed by atoms with Gasteiger partial charge in [0, 0.05) is 9.90 Å². The summed E-state index contributed by atoms with van der Waals surface area (Å²) in [5.41, 5.74) is 2.14. The van der Waals surface area contributed by atoms with Crippen LogP contribution in [-0.2, 0) is 43.2 Å². The van der Waals surface area contributed by atoms with Crippen molar-refractivity contribution in [3.8, 4) is 0 Å². The number of nitrogens with one attached hydrogen (secondary N) is 1. The molecule has 0 spiro atoms. The Hall–Kier alpha value is -2.67. The standard InChI is InChI=1S/C27H30ClN3O6S3/c1-4-36-23(34)12-31-18-9-7-16(28)11-20(18)40-27(31)30-22(33)14-38-13-21(32)29-25-24(26(35)37-5-2)17-8-6-15(3)10-19(17)39-25/h7,9,11,15H,4-6,8,10,12-14H2,1-3H3,(H,29,32). The van der Waals surface area contributed by atoms with E-state index in [1.54, 1.807) is 36.6 Å². The number of carbonyl (C=O) groups excluding carboxylic acids is 4. The fourth-order valence-electron chi connectivity index (χ4n) is 4.41. The van der Waals surface area contributed by atoms with Gasteiger partial charge in [-0.1, -0.05) is 29.9 Å². The number of halogens is 1. The largest absolute Gasteiger partial charge is 0.465 e. The van der Waals surface area contributed by atoms with E-state index in [-0.39, 0.29) is 37.2 Å². The zero-order valence-corrected chi connectivity index (χ0v) is 25.6. The van der Waals surface area contributed by atoms with Crippen LogP contribution in [0.15, 0.2) is 23.2 Å². The van der Waals surface area contributed by atoms with Crippen molar-refractivity contribution >= 4 is 85.0 Å². The number of benzene rings is 1. The molecule has 2 aromatic heterocycles. The van der Waals surface area contributed by atoms with Gasteiger partial charge in [-0.05, 0) is 62.8 Å². The highest BCUT2D eigenvalue weighted by molar-refractivity contribution is 8.00. The Morgan fingerprint density at radius 2 is 1.93 bits per heavy atom. The second kappa shape index (κ2) is 13.8. The fourth-order valence-corrected chi connectivity index (χ4v) is 7.75. The van der Waals surface area contributed by atoms with Crippen molar-refractivity contribution in [2.75, 3.05) is 30.0 Å². The van der Waals surface area contributed by atoms with E-state index in [1.807, 2.05) is 0 Å². The lowest BCUT2D eigenvalue weighted by Gasteiger charge is -2.18. The smallest absolute Gasteiger partial charge is 0.341 e. The SMILES string of the molecule is CCOC(=O)Cn1c(=NC(=O)CSCC(=O)Nc2sc3c(c2C(=O)OCC)CCC(C)C3)sc2cc(Cl)ccc21. The molecule has 1 aliphatic carbocycles. The van der Waals surface area contributed by atoms with E-state index in [9.17, 15) is 19.2 Å². The minimum atomic E-state index is -0.444. The minimum Gasteiger partial charge on any atom is -0.465 e. The van der Waals surface area contributed by atoms with Gasteiger partial charge < -0.3 is 19.4 Å². The van der Waals surface area contributed by atoms with Crippen LogP contribution in [-0.4, -0.2) is 53.0 Å². The Bertz CT molecular complexity index is 1510. The van der Waals surface area contributed by atoms with E-state index in [0.29, 0.717) is 31.8 Å². The quantitative estimate of drug-likeness (QED) is 0.313. The van der Waals surface area contributed by atoms with Gasteiger partial charge in [0.15, 0.2) is 4.80 Å². The predicted molar refractivity (Wildman–Crippen MR) is 159 cm³/mol. The maximum absolute atomic E-state index is 12.8. The Labute approximate surface area is 248 Å². The average Bonchev–Trinajstić information content (AvgIpc) is 3.40. The Morgan fingerprint density at radius 3 is 2.67 bits per heavy atom. The fraction of sp³-hybridized carbons (Fsp3) is 0.444. The summed E-state index contributed by atoms with van der Waals surface area (Å²) in [6.07, 6.45) is 2.63. The summed E-state index contributed by atoms with van der Waals surface area (Å²) < 4.78 is 12.7. The monoisotopic (exact) mass is 623 g/mol. The first-order valence-electron chi connectivity index (χ1n) is 12.9. The minimum absolute atomic E-state index is 0.00729. The van der Waals surface area contributed by atoms with Crippen LogP contribution in [0.3, 0.4) is 0 Å². The summed E-state index contributed by atoms with van der Waals surface area (Å²) in [6.45, 7) is 6.05. The topological polar surface area (TPSA) is 116 Å². The summed E-state index contributed by atoms with van der Waals surface area (Å²) in [7, 11) is 0. The van der Waals surface area contributed by atoms with Crippen LogP contribution >= 0.6 is 46.0 Å². The van der Waals surface area contributed by atoms with Crippen LogP contribution in [0.4, 0.5) is 5.00 Å². The first-order chi connectivity index (χ1) is 19.2. The van der Waals surface area contributed by atoms with Gasteiger partial charge in [-0.25, -0.2) is 4.79 Å². The lowest BCUT2D eigenvalue weighted by Crippen LogP contribution is -2.23. The van der Waals surface area contributed by atoms with Gasteiger partial charge in [-0.3, -0.25) is 14.4 Å². The second-order valence-electron chi connectivity index (χ2n) is 9.21. The van der Waals surface area contributed by atoms with Gasteiger partial charge in [0.1, 0.15) is 11.5 Å². The number of thiophene rings is 1. The molecule has 0 radical (unpaired) electrons. The van der Waals surface area contributed by atoms with Crippen LogP contribution < -0.4 is 10.1 Å². The van der Waals surface area contributed by atoms with Crippen molar-refractivity contribution < 1.29 is 28.7 Å². The molecule has 1 N–H and O–H groups in total. The molecule has 2 heterocycles. The third-order valence-electron chi connectivity index (χ3n) is 6.16. The normalized spacial score (nSPS) is 15.1. The van der Waals surface area contributed by atoms with E-state index in [2.05, 4.69) is 17.2 Å². The Morgan fingerprint density at radius 1 is 1.15 bits per heavy atom. The highest BCUT2D eigenvalue weighted by Crippen LogP contribution is 2.40. The molecule has 1 atom stereocenters. The number of hydrogen-bond donors (Lipinski definition) is 1. The summed E-state index contributed by atoms with van der Waals surface area (Å²) in [5, 5.41) is 3.90. The molecule has 2 amide bonds. The number of nitrogens with zero attached hydrogens (tertiary/aromatic N) is 2. The van der Waals surface area contributed by atoms with Crippen LogP contribution in [0.1, 0.15) is 48.0 Å². The third-order valence-corrected chi connectivity index (χ3v) is 9.52. The Kier molecular flexibility index (Phi) is 10.4. The molecule has 9 nitrogen and oxygen atoms in total. The zero-order chi connectivity index (χ0) is 28.8. The van der Waals surface area contributed by atoms with Crippen molar-refractivity contribution in [1.29, 1.82) is 0 Å². The number of thiazole rings is 1. The maximum atomic E-state index is 12.8. The number of fused-ring (bicyclic) bond motifs is 2. The van der Waals surface area contributed by atoms with Crippen molar-refractivity contribution in [3.63, 3.8) is 0 Å². The van der Waals surface area contributed by atoms with Crippen molar-refractivity contribution in [1.82, 2.24) is 4.57 Å². The third kappa shape index (κ3) is 7.34. The molecule has 1 unspecified atom stereocenters. The lowest BCUT2D eigenvalue weighted by molar-refractivity contribution is -0.143. The number of anilines is 1. The molecular formula is C27H30ClN3O6S3. The molecule has 0 fully saturated rings. The highest BCUT2D eigenvalue weighted by Gasteiger charge is 2.29. The molecule has 0 aliphatic heterocycles. The zero-order valence-electron chi connectivity index (χ0n) is 22.4. The molecule has 1 aliphatic rings. The Balaban J connectivity index is 1.43. The average molecular weight is 624 g/mol. The lowest BCUT2D eigenvalue weighted by atomic mass is 9.88. The molecule has 0 saturated heterocycles. The van der Waals surface area contributed by atoms with Crippen LogP contribution in [0.25, 0.3) is 10.2 Å². The number of thioether (sulfide) groups is 1. The van der Waals surface area contributed by atoms with E-state index in [4.69, 9.17) is 21.1 Å². The summed E-state index contributed by atoms with van der Waals surface area (Å²) in [6, 6.07) is 5.22. The second-order valence-corrected chi connectivity index (χ2v) is 12.7. The van der Waals surface area contributed by atoms with Crippen LogP contribution in [0.5, 0.6) is 0 Å². The van der Waals surface area contributed by atoms with Crippen molar-refractivity contribution in [2.45, 2.75) is 46.6 Å². The number of rotatable bonds is 10. The van der Waals surface area contributed by atoms with E-state index in [1.165, 1.54) is 22.7 Å². The molecule has 0 bridgehead atoms. The van der Waals surface area contributed by atoms with E-state index >= 15 is 0 Å². The van der Waals surface area contributed by atoms with Crippen LogP contribution in [0.2, 0.25) is 5.02 Å². The highest BCUT2D eigenvalue weighted by atomic mass is 35.5. The molecule has 13 heteroatoms. The summed E-state index contributed by atoms with van der Waals surface area (Å²) in [5.74, 6) is -1.14. The summed E-state index contributed by atoms with van der Waals surface area (Å²) in [4.78, 5) is 56.0. The molecule has 1 aromatic carbocycles. The van der Waals surface area contributed by atoms with Gasteiger partial charge >= 0.3 is 11.9 Å². The van der Waals surface area contributed by atoms with Gasteiger partial charge in [0.05, 0.1) is 40.5 Å². The molecule has 4 rings (SSSR count). The number of esters is 2. The predicted octanol–water partition coefficient (Wildman–Crippen LogP) is 5.08. The number of amides is 2. The van der Waals surface area contributed by atoms with E-state index < -0.39 is 17.8 Å². The van der Waals surface area contributed by atoms with Crippen molar-refractivity contribution in [3.05, 3.63) is 44.0 Å².